The highest BCUT2D eigenvalue weighted by Gasteiger charge is 2.32. The van der Waals surface area contributed by atoms with Gasteiger partial charge in [0.05, 0.1) is 26.2 Å². The zero-order chi connectivity index (χ0) is 27.8. The van der Waals surface area contributed by atoms with Crippen LogP contribution in [-0.4, -0.2) is 64.7 Å². The number of carbonyl (C=O) groups excluding carboxylic acids is 2. The second-order valence-electron chi connectivity index (χ2n) is 9.02. The number of anilines is 1. The molecule has 0 spiro atoms. The predicted octanol–water partition coefficient (Wildman–Crippen LogP) is 3.70. The van der Waals surface area contributed by atoms with Crippen LogP contribution in [-0.2, 0) is 26.2 Å². The second kappa shape index (κ2) is 13.5. The van der Waals surface area contributed by atoms with E-state index in [1.54, 1.807) is 37.4 Å². The second-order valence-corrected chi connectivity index (χ2v) is 11.4. The minimum atomic E-state index is -3.92. The summed E-state index contributed by atoms with van der Waals surface area (Å²) in [5.74, 6) is 0.271. The first-order valence-corrected chi connectivity index (χ1v) is 14.1. The highest BCUT2D eigenvalue weighted by molar-refractivity contribution is 7.92. The predicted molar refractivity (Wildman–Crippen MR) is 146 cm³/mol. The summed E-state index contributed by atoms with van der Waals surface area (Å²) in [6.07, 6.45) is 1.34. The van der Waals surface area contributed by atoms with E-state index < -0.39 is 28.5 Å². The first-order valence-electron chi connectivity index (χ1n) is 11.9. The molecule has 0 radical (unpaired) electrons. The molecule has 0 aliphatic rings. The molecule has 1 N–H and O–H groups in total. The lowest BCUT2D eigenvalue weighted by Gasteiger charge is -2.33. The number of hydrogen-bond donors (Lipinski definition) is 1. The molecule has 2 aromatic carbocycles. The molecule has 2 rings (SSSR count). The van der Waals surface area contributed by atoms with Gasteiger partial charge in [0, 0.05) is 18.1 Å². The Labute approximate surface area is 224 Å². The van der Waals surface area contributed by atoms with Gasteiger partial charge in [-0.1, -0.05) is 44.5 Å². The van der Waals surface area contributed by atoms with E-state index in [-0.39, 0.29) is 34.8 Å². The molecular formula is C26H36ClN3O6S. The van der Waals surface area contributed by atoms with Gasteiger partial charge in [-0.05, 0) is 48.2 Å². The van der Waals surface area contributed by atoms with Gasteiger partial charge in [0.25, 0.3) is 0 Å². The number of rotatable bonds is 13. The number of nitrogens with one attached hydrogen (secondary N) is 1. The minimum Gasteiger partial charge on any atom is -0.497 e. The molecule has 9 nitrogen and oxygen atoms in total. The van der Waals surface area contributed by atoms with Gasteiger partial charge in [-0.2, -0.15) is 0 Å². The third-order valence-electron chi connectivity index (χ3n) is 5.67. The zero-order valence-electron chi connectivity index (χ0n) is 22.2. The van der Waals surface area contributed by atoms with Gasteiger partial charge in [0.2, 0.25) is 21.8 Å². The first-order chi connectivity index (χ1) is 17.4. The van der Waals surface area contributed by atoms with Crippen LogP contribution in [0.4, 0.5) is 5.69 Å². The highest BCUT2D eigenvalue weighted by atomic mass is 35.5. The van der Waals surface area contributed by atoms with Crippen molar-refractivity contribution in [3.63, 3.8) is 0 Å². The van der Waals surface area contributed by atoms with Crippen LogP contribution < -0.4 is 19.1 Å². The summed E-state index contributed by atoms with van der Waals surface area (Å²) < 4.78 is 37.1. The number of ether oxygens (including phenoxy) is 2. The lowest BCUT2D eigenvalue weighted by molar-refractivity contribution is -0.140. The van der Waals surface area contributed by atoms with Crippen LogP contribution >= 0.6 is 11.6 Å². The fraction of sp³-hybridized carbons (Fsp3) is 0.462. The van der Waals surface area contributed by atoms with E-state index in [1.165, 1.54) is 24.1 Å². The topological polar surface area (TPSA) is 105 Å². The van der Waals surface area contributed by atoms with Crippen molar-refractivity contribution in [2.75, 3.05) is 37.9 Å². The average molecular weight is 554 g/mol. The summed E-state index contributed by atoms with van der Waals surface area (Å²) in [5, 5.41) is 3.18. The molecule has 2 amide bonds. The van der Waals surface area contributed by atoms with Crippen LogP contribution in [0.2, 0.25) is 5.02 Å². The largest absolute Gasteiger partial charge is 0.497 e. The first kappa shape index (κ1) is 30.2. The average Bonchev–Trinajstić information content (AvgIpc) is 2.85. The fourth-order valence-electron chi connectivity index (χ4n) is 3.72. The molecule has 0 saturated carbocycles. The van der Waals surface area contributed by atoms with Crippen molar-refractivity contribution in [3.8, 4) is 11.5 Å². The number of nitrogens with zero attached hydrogens (tertiary/aromatic N) is 2. The van der Waals surface area contributed by atoms with Crippen molar-refractivity contribution < 1.29 is 27.5 Å². The summed E-state index contributed by atoms with van der Waals surface area (Å²) in [4.78, 5) is 28.3. The maximum Gasteiger partial charge on any atom is 0.244 e. The monoisotopic (exact) mass is 553 g/mol. The Kier molecular flexibility index (Phi) is 11.1. The molecule has 0 saturated heterocycles. The Morgan fingerprint density at radius 1 is 1.05 bits per heavy atom. The van der Waals surface area contributed by atoms with Crippen molar-refractivity contribution in [2.45, 2.75) is 39.8 Å². The van der Waals surface area contributed by atoms with Gasteiger partial charge in [-0.3, -0.25) is 13.9 Å². The Hall–Kier alpha value is -2.98. The van der Waals surface area contributed by atoms with E-state index in [0.29, 0.717) is 18.7 Å². The molecule has 0 aliphatic heterocycles. The normalized spacial score (nSPS) is 12.1. The summed E-state index contributed by atoms with van der Waals surface area (Å²) in [7, 11) is -0.965. The van der Waals surface area contributed by atoms with Crippen molar-refractivity contribution in [2.24, 2.45) is 5.92 Å². The van der Waals surface area contributed by atoms with Crippen molar-refractivity contribution >= 4 is 39.1 Å². The van der Waals surface area contributed by atoms with Gasteiger partial charge >= 0.3 is 0 Å². The summed E-state index contributed by atoms with van der Waals surface area (Å²) in [5.41, 5.74) is 0.892. The van der Waals surface area contributed by atoms with Crippen molar-refractivity contribution in [1.82, 2.24) is 10.2 Å². The van der Waals surface area contributed by atoms with Gasteiger partial charge in [-0.15, -0.1) is 0 Å². The van der Waals surface area contributed by atoms with Crippen molar-refractivity contribution in [1.29, 1.82) is 0 Å². The Morgan fingerprint density at radius 3 is 2.22 bits per heavy atom. The third-order valence-corrected chi connectivity index (χ3v) is 7.03. The van der Waals surface area contributed by atoms with E-state index >= 15 is 0 Å². The lowest BCUT2D eigenvalue weighted by Crippen LogP contribution is -2.52. The van der Waals surface area contributed by atoms with Crippen LogP contribution in [0.3, 0.4) is 0 Å². The van der Waals surface area contributed by atoms with Crippen LogP contribution in [0.5, 0.6) is 11.5 Å². The molecule has 204 valence electrons. The van der Waals surface area contributed by atoms with Gasteiger partial charge in [-0.25, -0.2) is 8.42 Å². The SMILES string of the molecule is CC[C@H](C(=O)NCC(C)C)N(Cc1ccc(OC)cc1)C(=O)CN(c1cc(Cl)ccc1OC)S(C)(=O)=O. The number of benzene rings is 2. The highest BCUT2D eigenvalue weighted by Crippen LogP contribution is 2.33. The molecule has 0 unspecified atom stereocenters. The van der Waals surface area contributed by atoms with E-state index in [2.05, 4.69) is 5.32 Å². The molecule has 0 aromatic heterocycles. The van der Waals surface area contributed by atoms with Crippen molar-refractivity contribution in [3.05, 3.63) is 53.1 Å². The number of sulfonamides is 1. The van der Waals surface area contributed by atoms with Crippen LogP contribution in [0.1, 0.15) is 32.8 Å². The van der Waals surface area contributed by atoms with Gasteiger partial charge in [0.1, 0.15) is 24.1 Å². The lowest BCUT2D eigenvalue weighted by atomic mass is 10.1. The maximum absolute atomic E-state index is 13.8. The molecule has 0 aliphatic carbocycles. The molecule has 2 aromatic rings. The Bertz CT molecular complexity index is 1170. The summed E-state index contributed by atoms with van der Waals surface area (Å²) in [6.45, 7) is 5.77. The van der Waals surface area contributed by atoms with Gasteiger partial charge < -0.3 is 19.7 Å². The van der Waals surface area contributed by atoms with Crippen LogP contribution in [0, 0.1) is 5.92 Å². The van der Waals surface area contributed by atoms with Crippen LogP contribution in [0.15, 0.2) is 42.5 Å². The number of carbonyl (C=O) groups is 2. The Balaban J connectivity index is 2.48. The maximum atomic E-state index is 13.8. The molecule has 1 atom stereocenters. The molecule has 0 heterocycles. The van der Waals surface area contributed by atoms with E-state index in [1.807, 2.05) is 20.8 Å². The number of halogens is 1. The smallest absolute Gasteiger partial charge is 0.244 e. The Morgan fingerprint density at radius 2 is 1.70 bits per heavy atom. The summed E-state index contributed by atoms with van der Waals surface area (Å²) in [6, 6.07) is 10.8. The molecule has 11 heteroatoms. The molecular weight excluding hydrogens is 518 g/mol. The number of hydrogen-bond acceptors (Lipinski definition) is 6. The molecule has 0 fully saturated rings. The molecule has 37 heavy (non-hydrogen) atoms. The van der Waals surface area contributed by atoms with E-state index in [0.717, 1.165) is 16.1 Å². The molecule has 0 bridgehead atoms. The third kappa shape index (κ3) is 8.53. The van der Waals surface area contributed by atoms with E-state index in [9.17, 15) is 18.0 Å². The summed E-state index contributed by atoms with van der Waals surface area (Å²) >= 11 is 6.14. The van der Waals surface area contributed by atoms with Crippen LogP contribution in [0.25, 0.3) is 0 Å². The minimum absolute atomic E-state index is 0.0979. The number of methoxy groups -OCH3 is 2. The van der Waals surface area contributed by atoms with E-state index in [4.69, 9.17) is 21.1 Å². The fourth-order valence-corrected chi connectivity index (χ4v) is 4.73. The zero-order valence-corrected chi connectivity index (χ0v) is 23.7. The standard InChI is InChI=1S/C26H36ClN3O6S/c1-7-22(26(32)28-15-18(2)3)29(16-19-8-11-21(35-4)12-9-19)25(31)17-30(37(6,33)34)23-14-20(27)10-13-24(23)36-5/h8-14,18,22H,7,15-17H2,1-6H3,(H,28,32)/t22-/m1/s1. The quantitative estimate of drug-likeness (QED) is 0.405. The van der Waals surface area contributed by atoms with Gasteiger partial charge in [0.15, 0.2) is 0 Å². The number of amides is 2.